The van der Waals surface area contributed by atoms with Gasteiger partial charge in [-0.05, 0) is 30.7 Å². The summed E-state index contributed by atoms with van der Waals surface area (Å²) in [6.07, 6.45) is 1.04. The summed E-state index contributed by atoms with van der Waals surface area (Å²) in [5.74, 6) is 0.237. The topological polar surface area (TPSA) is 101 Å². The summed E-state index contributed by atoms with van der Waals surface area (Å²) in [6.45, 7) is 5.30. The van der Waals surface area contributed by atoms with Crippen LogP contribution in [-0.4, -0.2) is 71.9 Å². The van der Waals surface area contributed by atoms with Crippen LogP contribution in [0.25, 0.3) is 16.9 Å². The van der Waals surface area contributed by atoms with Crippen molar-refractivity contribution in [1.82, 2.24) is 33.9 Å². The molecule has 0 saturated carbocycles. The molecule has 198 valence electrons. The fraction of sp³-hybridized carbons (Fsp3) is 0.320. The highest BCUT2D eigenvalue weighted by atomic mass is 19.4. The van der Waals surface area contributed by atoms with Crippen molar-refractivity contribution >= 4 is 29.0 Å². The molecule has 0 radical (unpaired) electrons. The molecule has 4 aromatic rings. The van der Waals surface area contributed by atoms with Gasteiger partial charge in [0.05, 0.1) is 17.5 Å². The van der Waals surface area contributed by atoms with Crippen molar-refractivity contribution in [3.05, 3.63) is 59.8 Å². The number of aromatic nitrogens is 5. The molecule has 13 heteroatoms. The van der Waals surface area contributed by atoms with Crippen LogP contribution in [0.3, 0.4) is 0 Å². The Morgan fingerprint density at radius 3 is 2.42 bits per heavy atom. The summed E-state index contributed by atoms with van der Waals surface area (Å²) in [5.41, 5.74) is 1.42. The normalized spacial score (nSPS) is 14.3. The minimum absolute atomic E-state index is 0.00170. The van der Waals surface area contributed by atoms with Crippen LogP contribution in [-0.2, 0) is 18.0 Å². The molecule has 1 aromatic carbocycles. The lowest BCUT2D eigenvalue weighted by Crippen LogP contribution is -2.50. The van der Waals surface area contributed by atoms with Crippen molar-refractivity contribution in [1.29, 1.82) is 0 Å². The number of nitrogens with zero attached hydrogens (tertiary/aromatic N) is 7. The molecular weight excluding hydrogens is 501 g/mol. The Morgan fingerprint density at radius 1 is 1.05 bits per heavy atom. The van der Waals surface area contributed by atoms with Crippen molar-refractivity contribution in [2.24, 2.45) is 7.05 Å². The first-order valence-electron chi connectivity index (χ1n) is 11.9. The van der Waals surface area contributed by atoms with E-state index in [1.165, 1.54) is 43.2 Å². The number of hydrogen-bond donors (Lipinski definition) is 1. The van der Waals surface area contributed by atoms with Gasteiger partial charge in [-0.15, -0.1) is 0 Å². The maximum Gasteiger partial charge on any atom is 0.435 e. The summed E-state index contributed by atoms with van der Waals surface area (Å²) >= 11 is 0. The van der Waals surface area contributed by atoms with Crippen LogP contribution in [0.2, 0.25) is 0 Å². The maximum atomic E-state index is 13.5. The molecule has 1 fully saturated rings. The Bertz CT molecular complexity index is 1530. The van der Waals surface area contributed by atoms with Crippen LogP contribution in [0.5, 0.6) is 0 Å². The second-order valence-electron chi connectivity index (χ2n) is 9.13. The maximum absolute atomic E-state index is 13.5. The van der Waals surface area contributed by atoms with E-state index < -0.39 is 11.9 Å². The van der Waals surface area contributed by atoms with E-state index in [0.29, 0.717) is 48.9 Å². The van der Waals surface area contributed by atoms with E-state index in [0.717, 1.165) is 10.2 Å². The molecule has 3 aromatic heterocycles. The standard InChI is InChI=1S/C25H25F3N8O2/c1-15-12-17(4-5-18(15)24(38)35-10-8-34(9-11-35)16(2)37)31-22-23-30-13-20(36(23)7-6-29-22)19-14-33(3)32-21(19)25(26,27)28/h4-7,12-14H,8-11H2,1-3H3,(H,29,31). The number of nitrogens with one attached hydrogen (secondary N) is 1. The summed E-state index contributed by atoms with van der Waals surface area (Å²) in [5, 5.41) is 6.74. The van der Waals surface area contributed by atoms with Gasteiger partial charge in [0.2, 0.25) is 5.91 Å². The lowest BCUT2D eigenvalue weighted by molar-refractivity contribution is -0.141. The number of carbonyl (C=O) groups excluding carboxylic acids is 2. The molecule has 0 atom stereocenters. The second-order valence-corrected chi connectivity index (χ2v) is 9.13. The van der Waals surface area contributed by atoms with Gasteiger partial charge in [0.1, 0.15) is 0 Å². The molecule has 0 aliphatic carbocycles. The molecule has 1 aliphatic heterocycles. The third-order valence-corrected chi connectivity index (χ3v) is 6.53. The fourth-order valence-corrected chi connectivity index (χ4v) is 4.60. The van der Waals surface area contributed by atoms with Gasteiger partial charge in [-0.2, -0.15) is 18.3 Å². The van der Waals surface area contributed by atoms with Gasteiger partial charge in [-0.3, -0.25) is 18.7 Å². The first-order valence-corrected chi connectivity index (χ1v) is 11.9. The number of piperazine rings is 1. The monoisotopic (exact) mass is 526 g/mol. The van der Waals surface area contributed by atoms with Gasteiger partial charge in [0.15, 0.2) is 17.2 Å². The van der Waals surface area contributed by atoms with Crippen molar-refractivity contribution in [3.63, 3.8) is 0 Å². The van der Waals surface area contributed by atoms with Crippen LogP contribution < -0.4 is 5.32 Å². The van der Waals surface area contributed by atoms with Crippen molar-refractivity contribution in [2.45, 2.75) is 20.0 Å². The largest absolute Gasteiger partial charge is 0.435 e. The fourth-order valence-electron chi connectivity index (χ4n) is 4.60. The SMILES string of the molecule is CC(=O)N1CCN(C(=O)c2ccc(Nc3nccn4c(-c5cn(C)nc5C(F)(F)F)cnc34)cc2C)CC1. The zero-order chi connectivity index (χ0) is 27.2. The highest BCUT2D eigenvalue weighted by Gasteiger charge is 2.38. The van der Waals surface area contributed by atoms with Gasteiger partial charge < -0.3 is 15.1 Å². The Morgan fingerprint density at radius 2 is 1.76 bits per heavy atom. The van der Waals surface area contributed by atoms with Gasteiger partial charge >= 0.3 is 6.18 Å². The Kier molecular flexibility index (Phi) is 6.29. The number of imidazole rings is 1. The van der Waals surface area contributed by atoms with E-state index >= 15 is 0 Å². The number of fused-ring (bicyclic) bond motifs is 1. The first kappa shape index (κ1) is 25.2. The lowest BCUT2D eigenvalue weighted by atomic mass is 10.1. The molecule has 38 heavy (non-hydrogen) atoms. The summed E-state index contributed by atoms with van der Waals surface area (Å²) in [4.78, 5) is 36.7. The third kappa shape index (κ3) is 4.66. The highest BCUT2D eigenvalue weighted by molar-refractivity contribution is 5.96. The van der Waals surface area contributed by atoms with Crippen molar-refractivity contribution < 1.29 is 22.8 Å². The number of anilines is 2. The van der Waals surface area contributed by atoms with E-state index in [9.17, 15) is 22.8 Å². The smallest absolute Gasteiger partial charge is 0.339 e. The summed E-state index contributed by atoms with van der Waals surface area (Å²) < 4.78 is 43.3. The summed E-state index contributed by atoms with van der Waals surface area (Å²) in [7, 11) is 1.43. The Balaban J connectivity index is 1.39. The van der Waals surface area contributed by atoms with Crippen LogP contribution in [0.4, 0.5) is 24.7 Å². The minimum atomic E-state index is -4.62. The number of aryl methyl sites for hydroxylation is 2. The number of carbonyl (C=O) groups is 2. The van der Waals surface area contributed by atoms with Gasteiger partial charge in [-0.25, -0.2) is 9.97 Å². The third-order valence-electron chi connectivity index (χ3n) is 6.53. The van der Waals surface area contributed by atoms with Crippen molar-refractivity contribution in [3.8, 4) is 11.3 Å². The average molecular weight is 527 g/mol. The number of amides is 2. The number of rotatable bonds is 4. The quantitative estimate of drug-likeness (QED) is 0.437. The molecule has 1 N–H and O–H groups in total. The van der Waals surface area contributed by atoms with Gasteiger partial charge in [0, 0.05) is 70.0 Å². The number of halogens is 3. The zero-order valence-electron chi connectivity index (χ0n) is 21.0. The predicted molar refractivity (Wildman–Crippen MR) is 133 cm³/mol. The first-order chi connectivity index (χ1) is 18.0. The number of alkyl halides is 3. The van der Waals surface area contributed by atoms with Crippen LogP contribution in [0.15, 0.2) is 43.0 Å². The predicted octanol–water partition coefficient (Wildman–Crippen LogP) is 3.50. The van der Waals surface area contributed by atoms with Crippen molar-refractivity contribution in [2.75, 3.05) is 31.5 Å². The van der Waals surface area contributed by atoms with E-state index in [2.05, 4.69) is 20.4 Å². The molecule has 5 rings (SSSR count). The van der Waals surface area contributed by atoms with Crippen LogP contribution in [0.1, 0.15) is 28.5 Å². The molecule has 0 spiro atoms. The average Bonchev–Trinajstić information content (AvgIpc) is 3.48. The highest BCUT2D eigenvalue weighted by Crippen LogP contribution is 2.36. The van der Waals surface area contributed by atoms with E-state index in [1.807, 2.05) is 6.92 Å². The number of hydrogen-bond acceptors (Lipinski definition) is 6. The minimum Gasteiger partial charge on any atom is -0.339 e. The molecule has 1 saturated heterocycles. The van der Waals surface area contributed by atoms with E-state index in [4.69, 9.17) is 0 Å². The van der Waals surface area contributed by atoms with Gasteiger partial charge in [0.25, 0.3) is 5.91 Å². The zero-order valence-corrected chi connectivity index (χ0v) is 21.0. The van der Waals surface area contributed by atoms with Crippen LogP contribution in [0, 0.1) is 6.92 Å². The molecule has 0 unspecified atom stereocenters. The molecule has 0 bridgehead atoms. The lowest BCUT2D eigenvalue weighted by Gasteiger charge is -2.34. The molecular formula is C25H25F3N8O2. The molecule has 4 heterocycles. The van der Waals surface area contributed by atoms with Crippen LogP contribution >= 0.6 is 0 Å². The molecule has 10 nitrogen and oxygen atoms in total. The molecule has 2 amide bonds. The van der Waals surface area contributed by atoms with Gasteiger partial charge in [-0.1, -0.05) is 0 Å². The van der Waals surface area contributed by atoms with E-state index in [1.54, 1.807) is 28.0 Å². The molecule has 1 aliphatic rings. The van der Waals surface area contributed by atoms with E-state index in [-0.39, 0.29) is 23.1 Å². The number of benzene rings is 1. The second kappa shape index (κ2) is 9.47. The Hall–Kier alpha value is -4.42. The Labute approximate surface area is 215 Å². The summed E-state index contributed by atoms with van der Waals surface area (Å²) in [6, 6.07) is 5.26.